The molecule has 1 aliphatic rings. The van der Waals surface area contributed by atoms with Crippen LogP contribution in [0.5, 0.6) is 5.75 Å². The molecular weight excluding hydrogens is 313 g/mol. The van der Waals surface area contributed by atoms with E-state index in [1.807, 2.05) is 0 Å². The first-order valence-electron chi connectivity index (χ1n) is 6.66. The molecule has 0 bridgehead atoms. The van der Waals surface area contributed by atoms with Crippen LogP contribution in [0.4, 0.5) is 0 Å². The summed E-state index contributed by atoms with van der Waals surface area (Å²) in [6.45, 7) is 0.227. The lowest BCUT2D eigenvalue weighted by Crippen LogP contribution is -2.34. The molecule has 0 aliphatic heterocycles. The minimum Gasteiger partial charge on any atom is -0.484 e. The summed E-state index contributed by atoms with van der Waals surface area (Å²) in [7, 11) is 0. The van der Waals surface area contributed by atoms with Crippen molar-refractivity contribution in [1.82, 2.24) is 10.1 Å². The average Bonchev–Trinajstić information content (AvgIpc) is 3.08. The highest BCUT2D eigenvalue weighted by Gasteiger charge is 2.35. The summed E-state index contributed by atoms with van der Waals surface area (Å²) < 4.78 is 10.8. The number of benzene rings is 1. The van der Waals surface area contributed by atoms with Crippen molar-refractivity contribution in [1.29, 1.82) is 0 Å². The molecule has 1 heterocycles. The molecule has 1 fully saturated rings. The van der Waals surface area contributed by atoms with Gasteiger partial charge in [0.25, 0.3) is 5.89 Å². The Morgan fingerprint density at radius 3 is 2.57 bits per heavy atom. The van der Waals surface area contributed by atoms with Crippen molar-refractivity contribution in [2.75, 3.05) is 0 Å². The van der Waals surface area contributed by atoms with Crippen molar-refractivity contribution in [3.63, 3.8) is 0 Å². The summed E-state index contributed by atoms with van der Waals surface area (Å²) >= 11 is 5.81. The van der Waals surface area contributed by atoms with E-state index in [0.717, 1.165) is 25.7 Å². The van der Waals surface area contributed by atoms with E-state index in [2.05, 4.69) is 10.1 Å². The Bertz CT molecular complexity index is 580. The second kappa shape index (κ2) is 6.64. The van der Waals surface area contributed by atoms with Crippen molar-refractivity contribution in [2.45, 2.75) is 37.8 Å². The quantitative estimate of drug-likeness (QED) is 0.929. The predicted octanol–water partition coefficient (Wildman–Crippen LogP) is 3.45. The molecule has 0 amide bonds. The third-order valence-electron chi connectivity index (χ3n) is 3.59. The fraction of sp³-hybridized carbons (Fsp3) is 0.429. The third kappa shape index (κ3) is 3.67. The van der Waals surface area contributed by atoms with Gasteiger partial charge in [0.1, 0.15) is 5.75 Å². The Kier molecular flexibility index (Phi) is 5.08. The van der Waals surface area contributed by atoms with Gasteiger partial charge in [0.05, 0.1) is 5.54 Å². The summed E-state index contributed by atoms with van der Waals surface area (Å²) in [4.78, 5) is 4.34. The summed E-state index contributed by atoms with van der Waals surface area (Å²) in [6, 6.07) is 7.12. The molecule has 2 aromatic rings. The van der Waals surface area contributed by atoms with Gasteiger partial charge in [0, 0.05) is 5.02 Å². The summed E-state index contributed by atoms with van der Waals surface area (Å²) in [6.07, 6.45) is 4.04. The van der Waals surface area contributed by atoms with E-state index in [9.17, 15) is 0 Å². The van der Waals surface area contributed by atoms with Crippen LogP contribution in [0.15, 0.2) is 28.8 Å². The molecule has 0 spiro atoms. The highest BCUT2D eigenvalue weighted by atomic mass is 35.5. The Morgan fingerprint density at radius 2 is 1.90 bits per heavy atom. The zero-order valence-electron chi connectivity index (χ0n) is 11.4. The van der Waals surface area contributed by atoms with E-state index in [1.165, 1.54) is 0 Å². The van der Waals surface area contributed by atoms with Crippen LogP contribution in [0, 0.1) is 0 Å². The lowest BCUT2D eigenvalue weighted by atomic mass is 9.99. The molecule has 0 atom stereocenters. The summed E-state index contributed by atoms with van der Waals surface area (Å²) in [5.74, 6) is 1.73. The molecule has 1 aromatic heterocycles. The van der Waals surface area contributed by atoms with Crippen LogP contribution < -0.4 is 10.5 Å². The van der Waals surface area contributed by atoms with E-state index in [4.69, 9.17) is 26.6 Å². The fourth-order valence-electron chi connectivity index (χ4n) is 2.42. The summed E-state index contributed by atoms with van der Waals surface area (Å²) in [5.41, 5.74) is 5.85. The van der Waals surface area contributed by atoms with E-state index >= 15 is 0 Å². The molecule has 7 heteroatoms. The van der Waals surface area contributed by atoms with Crippen molar-refractivity contribution >= 4 is 24.0 Å². The fourth-order valence-corrected chi connectivity index (χ4v) is 2.55. The van der Waals surface area contributed by atoms with Crippen LogP contribution in [-0.4, -0.2) is 10.1 Å². The van der Waals surface area contributed by atoms with Gasteiger partial charge >= 0.3 is 0 Å². The standard InChI is InChI=1S/C14H16ClN3O2.ClH/c15-10-3-5-11(6-4-10)19-9-12-17-13(18-20-12)14(16)7-1-2-8-14;/h3-6H,1-2,7-9,16H2;1H. The van der Waals surface area contributed by atoms with Gasteiger partial charge < -0.3 is 15.0 Å². The van der Waals surface area contributed by atoms with Gasteiger partial charge in [-0.05, 0) is 37.1 Å². The number of nitrogens with zero attached hydrogens (tertiary/aromatic N) is 2. The normalized spacial score (nSPS) is 16.5. The number of hydrogen-bond acceptors (Lipinski definition) is 5. The molecule has 0 unspecified atom stereocenters. The van der Waals surface area contributed by atoms with Gasteiger partial charge in [-0.15, -0.1) is 12.4 Å². The zero-order chi connectivity index (χ0) is 14.0. The summed E-state index contributed by atoms with van der Waals surface area (Å²) in [5, 5.41) is 4.65. The molecule has 114 valence electrons. The first kappa shape index (κ1) is 16.1. The largest absolute Gasteiger partial charge is 0.484 e. The molecule has 1 aliphatic carbocycles. The van der Waals surface area contributed by atoms with Crippen molar-refractivity contribution < 1.29 is 9.26 Å². The minimum atomic E-state index is -0.429. The van der Waals surface area contributed by atoms with Crippen molar-refractivity contribution in [3.8, 4) is 5.75 Å². The number of rotatable bonds is 4. The molecule has 1 saturated carbocycles. The van der Waals surface area contributed by atoms with Crippen LogP contribution >= 0.6 is 24.0 Å². The molecule has 2 N–H and O–H groups in total. The first-order chi connectivity index (χ1) is 9.66. The van der Waals surface area contributed by atoms with Gasteiger partial charge in [-0.2, -0.15) is 4.98 Å². The number of aromatic nitrogens is 2. The van der Waals surface area contributed by atoms with Gasteiger partial charge in [0.2, 0.25) is 0 Å². The van der Waals surface area contributed by atoms with Crippen molar-refractivity contribution in [2.24, 2.45) is 5.73 Å². The molecule has 3 rings (SSSR count). The first-order valence-corrected chi connectivity index (χ1v) is 7.04. The van der Waals surface area contributed by atoms with Crippen LogP contribution in [0.1, 0.15) is 37.4 Å². The smallest absolute Gasteiger partial charge is 0.264 e. The Morgan fingerprint density at radius 1 is 1.24 bits per heavy atom. The maximum Gasteiger partial charge on any atom is 0.264 e. The third-order valence-corrected chi connectivity index (χ3v) is 3.84. The number of nitrogens with two attached hydrogens (primary N) is 1. The van der Waals surface area contributed by atoms with E-state index in [-0.39, 0.29) is 19.0 Å². The SMILES string of the molecule is Cl.NC1(c2noc(COc3ccc(Cl)cc3)n2)CCCC1. The zero-order valence-corrected chi connectivity index (χ0v) is 13.0. The molecule has 0 radical (unpaired) electrons. The monoisotopic (exact) mass is 329 g/mol. The number of ether oxygens (including phenoxy) is 1. The maximum atomic E-state index is 6.28. The number of hydrogen-bond donors (Lipinski definition) is 1. The van der Waals surface area contributed by atoms with Gasteiger partial charge in [-0.25, -0.2) is 0 Å². The topological polar surface area (TPSA) is 74.2 Å². The van der Waals surface area contributed by atoms with Gasteiger partial charge in [-0.3, -0.25) is 0 Å². The molecule has 0 saturated heterocycles. The van der Waals surface area contributed by atoms with Gasteiger partial charge in [-0.1, -0.05) is 29.6 Å². The van der Waals surface area contributed by atoms with Crippen LogP contribution in [0.2, 0.25) is 5.02 Å². The lowest BCUT2D eigenvalue weighted by Gasteiger charge is -2.17. The minimum absolute atomic E-state index is 0. The maximum absolute atomic E-state index is 6.28. The Balaban J connectivity index is 0.00000161. The Labute approximate surface area is 134 Å². The van der Waals surface area contributed by atoms with E-state index in [0.29, 0.717) is 22.5 Å². The van der Waals surface area contributed by atoms with E-state index in [1.54, 1.807) is 24.3 Å². The molecule has 1 aromatic carbocycles. The van der Waals surface area contributed by atoms with Crippen LogP contribution in [0.3, 0.4) is 0 Å². The highest BCUT2D eigenvalue weighted by molar-refractivity contribution is 6.30. The second-order valence-corrected chi connectivity index (χ2v) is 5.55. The lowest BCUT2D eigenvalue weighted by molar-refractivity contribution is 0.241. The number of halogens is 2. The predicted molar refractivity (Wildman–Crippen MR) is 81.7 cm³/mol. The molecule has 5 nitrogen and oxygen atoms in total. The average molecular weight is 330 g/mol. The van der Waals surface area contributed by atoms with E-state index < -0.39 is 5.54 Å². The van der Waals surface area contributed by atoms with Gasteiger partial charge in [0.15, 0.2) is 12.4 Å². The second-order valence-electron chi connectivity index (χ2n) is 5.12. The van der Waals surface area contributed by atoms with Crippen LogP contribution in [0.25, 0.3) is 0 Å². The molecule has 21 heavy (non-hydrogen) atoms. The highest BCUT2D eigenvalue weighted by Crippen LogP contribution is 2.34. The molecular formula is C14H17Cl2N3O2. The van der Waals surface area contributed by atoms with Crippen molar-refractivity contribution in [3.05, 3.63) is 41.0 Å². The Hall–Kier alpha value is -1.30. The van der Waals surface area contributed by atoms with Crippen LogP contribution in [-0.2, 0) is 12.1 Å².